The number of nitrogens with one attached hydrogen (secondary N) is 2. The number of anilines is 1. The smallest absolute Gasteiger partial charge is 0.323 e. The van der Waals surface area contributed by atoms with E-state index in [1.165, 1.54) is 0 Å². The van der Waals surface area contributed by atoms with E-state index < -0.39 is 0 Å². The number of carbonyl (C=O) groups is 1. The Hall–Kier alpha value is -3.05. The van der Waals surface area contributed by atoms with Gasteiger partial charge in [0.25, 0.3) is 0 Å². The minimum Gasteiger partial charge on any atom is -0.457 e. The lowest BCUT2D eigenvalue weighted by Gasteiger charge is -2.08. The van der Waals surface area contributed by atoms with Gasteiger partial charge in [0, 0.05) is 16.4 Å². The van der Waals surface area contributed by atoms with Crippen molar-refractivity contribution in [1.82, 2.24) is 5.32 Å². The van der Waals surface area contributed by atoms with Crippen LogP contribution < -0.4 is 15.4 Å². The van der Waals surface area contributed by atoms with Gasteiger partial charge in [0.15, 0.2) is 0 Å². The highest BCUT2D eigenvalue weighted by Crippen LogP contribution is 2.22. The summed E-state index contributed by atoms with van der Waals surface area (Å²) in [6.07, 6.45) is 3.42. The second kappa shape index (κ2) is 8.87. The summed E-state index contributed by atoms with van der Waals surface area (Å²) < 4.78 is 6.73. The maximum Gasteiger partial charge on any atom is 0.323 e. The number of hydrogen-bond donors (Lipinski definition) is 2. The van der Waals surface area contributed by atoms with Crippen molar-refractivity contribution in [2.75, 3.05) is 5.32 Å². The molecular formula is C21H17BrN2O2. The van der Waals surface area contributed by atoms with Gasteiger partial charge < -0.3 is 15.4 Å². The van der Waals surface area contributed by atoms with Gasteiger partial charge in [-0.15, -0.1) is 0 Å². The SMILES string of the molecule is O=C(N/C=C/c1ccc(Br)cc1)Nc1ccc(Oc2ccccc2)cc1. The molecule has 4 nitrogen and oxygen atoms in total. The van der Waals surface area contributed by atoms with E-state index in [2.05, 4.69) is 26.6 Å². The van der Waals surface area contributed by atoms with Crippen LogP contribution in [0.1, 0.15) is 5.56 Å². The highest BCUT2D eigenvalue weighted by Gasteiger charge is 2.01. The first-order valence-corrected chi connectivity index (χ1v) is 8.81. The van der Waals surface area contributed by atoms with Crippen molar-refractivity contribution in [2.24, 2.45) is 0 Å². The van der Waals surface area contributed by atoms with Gasteiger partial charge in [-0.25, -0.2) is 4.79 Å². The van der Waals surface area contributed by atoms with Crippen molar-refractivity contribution in [3.8, 4) is 11.5 Å². The monoisotopic (exact) mass is 408 g/mol. The zero-order valence-electron chi connectivity index (χ0n) is 13.9. The van der Waals surface area contributed by atoms with Crippen molar-refractivity contribution in [2.45, 2.75) is 0 Å². The quantitative estimate of drug-likeness (QED) is 0.540. The van der Waals surface area contributed by atoms with E-state index in [1.807, 2.05) is 60.7 Å². The molecule has 130 valence electrons. The van der Waals surface area contributed by atoms with E-state index in [9.17, 15) is 4.79 Å². The third-order valence-electron chi connectivity index (χ3n) is 3.45. The average molecular weight is 409 g/mol. The third-order valence-corrected chi connectivity index (χ3v) is 3.98. The van der Waals surface area contributed by atoms with Crippen LogP contribution in [0.25, 0.3) is 6.08 Å². The maximum atomic E-state index is 11.9. The molecule has 0 saturated heterocycles. The van der Waals surface area contributed by atoms with Crippen LogP contribution in [-0.4, -0.2) is 6.03 Å². The number of rotatable bonds is 5. The first-order valence-electron chi connectivity index (χ1n) is 8.02. The van der Waals surface area contributed by atoms with Crippen LogP contribution in [-0.2, 0) is 0 Å². The predicted molar refractivity (Wildman–Crippen MR) is 108 cm³/mol. The van der Waals surface area contributed by atoms with Gasteiger partial charge in [0.1, 0.15) is 11.5 Å². The minimum atomic E-state index is -0.310. The first kappa shape index (κ1) is 17.8. The van der Waals surface area contributed by atoms with E-state index in [0.717, 1.165) is 15.8 Å². The average Bonchev–Trinajstić information content (AvgIpc) is 2.66. The van der Waals surface area contributed by atoms with Gasteiger partial charge in [0.2, 0.25) is 0 Å². The van der Waals surface area contributed by atoms with Crippen molar-refractivity contribution in [3.63, 3.8) is 0 Å². The van der Waals surface area contributed by atoms with Crippen molar-refractivity contribution < 1.29 is 9.53 Å². The number of hydrogen-bond acceptors (Lipinski definition) is 2. The molecule has 2 amide bonds. The molecule has 5 heteroatoms. The normalized spacial score (nSPS) is 10.5. The number of urea groups is 1. The second-order valence-electron chi connectivity index (χ2n) is 5.42. The molecule has 2 N–H and O–H groups in total. The van der Waals surface area contributed by atoms with Crippen LogP contribution >= 0.6 is 15.9 Å². The van der Waals surface area contributed by atoms with E-state index in [4.69, 9.17) is 4.74 Å². The number of amides is 2. The number of halogens is 1. The Bertz CT molecular complexity index is 876. The van der Waals surface area contributed by atoms with Crippen molar-refractivity contribution in [3.05, 3.63) is 95.1 Å². The zero-order valence-corrected chi connectivity index (χ0v) is 15.4. The summed E-state index contributed by atoms with van der Waals surface area (Å²) in [5.41, 5.74) is 1.68. The highest BCUT2D eigenvalue weighted by molar-refractivity contribution is 9.10. The molecule has 0 aromatic heterocycles. The van der Waals surface area contributed by atoms with E-state index in [-0.39, 0.29) is 6.03 Å². The molecule has 0 spiro atoms. The number of benzene rings is 3. The fourth-order valence-corrected chi connectivity index (χ4v) is 2.45. The summed E-state index contributed by atoms with van der Waals surface area (Å²) in [6.45, 7) is 0. The van der Waals surface area contributed by atoms with Crippen molar-refractivity contribution >= 4 is 33.7 Å². The fraction of sp³-hybridized carbons (Fsp3) is 0. The molecule has 0 aliphatic heterocycles. The second-order valence-corrected chi connectivity index (χ2v) is 6.34. The Morgan fingerprint density at radius 2 is 1.50 bits per heavy atom. The summed E-state index contributed by atoms with van der Waals surface area (Å²) in [7, 11) is 0. The number of ether oxygens (including phenoxy) is 1. The fourth-order valence-electron chi connectivity index (χ4n) is 2.19. The predicted octanol–water partition coefficient (Wildman–Crippen LogP) is 6.03. The molecule has 0 fully saturated rings. The number of para-hydroxylation sites is 1. The van der Waals surface area contributed by atoms with Gasteiger partial charge in [0.05, 0.1) is 0 Å². The van der Waals surface area contributed by atoms with E-state index in [1.54, 1.807) is 30.5 Å². The van der Waals surface area contributed by atoms with Crippen LogP contribution in [0.2, 0.25) is 0 Å². The van der Waals surface area contributed by atoms with Crippen LogP contribution in [0.4, 0.5) is 10.5 Å². The first-order chi connectivity index (χ1) is 12.7. The van der Waals surface area contributed by atoms with Gasteiger partial charge in [-0.2, -0.15) is 0 Å². The third kappa shape index (κ3) is 5.50. The Balaban J connectivity index is 1.50. The molecule has 0 atom stereocenters. The molecule has 26 heavy (non-hydrogen) atoms. The summed E-state index contributed by atoms with van der Waals surface area (Å²) in [6, 6.07) is 24.2. The molecule has 0 heterocycles. The molecule has 3 rings (SSSR count). The Morgan fingerprint density at radius 3 is 2.19 bits per heavy atom. The largest absolute Gasteiger partial charge is 0.457 e. The summed E-state index contributed by atoms with van der Waals surface area (Å²) in [5.74, 6) is 1.47. The highest BCUT2D eigenvalue weighted by atomic mass is 79.9. The molecule has 0 bridgehead atoms. The molecule has 0 aliphatic carbocycles. The lowest BCUT2D eigenvalue weighted by atomic mass is 10.2. The summed E-state index contributed by atoms with van der Waals surface area (Å²) in [4.78, 5) is 11.9. The molecule has 0 aliphatic rings. The molecule has 0 unspecified atom stereocenters. The molecule has 0 radical (unpaired) electrons. The van der Waals surface area contributed by atoms with Crippen LogP contribution in [0.15, 0.2) is 89.5 Å². The van der Waals surface area contributed by atoms with Gasteiger partial charge in [-0.1, -0.05) is 46.3 Å². The molecule has 3 aromatic carbocycles. The maximum absolute atomic E-state index is 11.9. The van der Waals surface area contributed by atoms with Crippen LogP contribution in [0.3, 0.4) is 0 Å². The van der Waals surface area contributed by atoms with E-state index in [0.29, 0.717) is 11.4 Å². The number of carbonyl (C=O) groups excluding carboxylic acids is 1. The van der Waals surface area contributed by atoms with Crippen molar-refractivity contribution in [1.29, 1.82) is 0 Å². The topological polar surface area (TPSA) is 50.4 Å². The standard InChI is InChI=1S/C21H17BrN2O2/c22-17-8-6-16(7-9-17)14-15-23-21(25)24-18-10-12-20(13-11-18)26-19-4-2-1-3-5-19/h1-15H,(H2,23,24,25)/b15-14+. The molecular weight excluding hydrogens is 392 g/mol. The lowest BCUT2D eigenvalue weighted by Crippen LogP contribution is -2.23. The van der Waals surface area contributed by atoms with E-state index >= 15 is 0 Å². The lowest BCUT2D eigenvalue weighted by molar-refractivity contribution is 0.255. The minimum absolute atomic E-state index is 0.310. The van der Waals surface area contributed by atoms with Crippen LogP contribution in [0.5, 0.6) is 11.5 Å². The summed E-state index contributed by atoms with van der Waals surface area (Å²) in [5, 5.41) is 5.44. The Kier molecular flexibility index (Phi) is 6.06. The van der Waals surface area contributed by atoms with Gasteiger partial charge in [-0.3, -0.25) is 0 Å². The Morgan fingerprint density at radius 1 is 0.846 bits per heavy atom. The van der Waals surface area contributed by atoms with Gasteiger partial charge in [-0.05, 0) is 60.2 Å². The molecule has 3 aromatic rings. The Labute approximate surface area is 160 Å². The van der Waals surface area contributed by atoms with Gasteiger partial charge >= 0.3 is 6.03 Å². The summed E-state index contributed by atoms with van der Waals surface area (Å²) >= 11 is 3.38. The molecule has 0 saturated carbocycles. The van der Waals surface area contributed by atoms with Crippen LogP contribution in [0, 0.1) is 0 Å². The zero-order chi connectivity index (χ0) is 18.2.